The second-order valence-corrected chi connectivity index (χ2v) is 6.16. The Labute approximate surface area is 141 Å². The van der Waals surface area contributed by atoms with Gasteiger partial charge in [0.15, 0.2) is 0 Å². The molecule has 6 nitrogen and oxygen atoms in total. The summed E-state index contributed by atoms with van der Waals surface area (Å²) in [5, 5.41) is 15.3. The van der Waals surface area contributed by atoms with Crippen LogP contribution in [0, 0.1) is 0 Å². The van der Waals surface area contributed by atoms with Gasteiger partial charge in [0.1, 0.15) is 6.33 Å². The minimum absolute atomic E-state index is 0.127. The summed E-state index contributed by atoms with van der Waals surface area (Å²) in [6.45, 7) is 0. The first-order valence-corrected chi connectivity index (χ1v) is 8.20. The first kappa shape index (κ1) is 14.5. The minimum atomic E-state index is -0.401. The van der Waals surface area contributed by atoms with Gasteiger partial charge in [0.05, 0.1) is 5.92 Å². The van der Waals surface area contributed by atoms with Crippen LogP contribution in [0.5, 0.6) is 0 Å². The molecule has 2 aromatic heterocycles. The Kier molecular flexibility index (Phi) is 3.76. The predicted octanol–water partition coefficient (Wildman–Crippen LogP) is 2.96. The van der Waals surface area contributed by atoms with E-state index in [2.05, 4.69) is 20.6 Å². The molecule has 1 N–H and O–H groups in total. The Balaban J connectivity index is 1.67. The molecule has 0 aliphatic carbocycles. The van der Waals surface area contributed by atoms with Crippen molar-refractivity contribution in [2.45, 2.75) is 5.92 Å². The standard InChI is InChI=1S/C17H13N5OS/c23-15(19-16-21-22-11-18-20-17(22)24-16)14(12-7-3-1-4-8-12)13-9-5-2-6-10-13/h1-11,14H,(H,19,21,23). The molecule has 118 valence electrons. The number of amides is 1. The lowest BCUT2D eigenvalue weighted by atomic mass is 9.90. The van der Waals surface area contributed by atoms with Crippen LogP contribution in [-0.2, 0) is 4.79 Å². The monoisotopic (exact) mass is 335 g/mol. The van der Waals surface area contributed by atoms with Crippen LogP contribution in [0.3, 0.4) is 0 Å². The number of carbonyl (C=O) groups is 1. The number of anilines is 1. The first-order valence-electron chi connectivity index (χ1n) is 7.39. The van der Waals surface area contributed by atoms with Crippen LogP contribution in [0.4, 0.5) is 5.13 Å². The zero-order valence-corrected chi connectivity index (χ0v) is 13.4. The number of fused-ring (bicyclic) bond motifs is 1. The summed E-state index contributed by atoms with van der Waals surface area (Å²) in [5.74, 6) is -0.529. The zero-order valence-electron chi connectivity index (χ0n) is 12.5. The number of aromatic nitrogens is 4. The minimum Gasteiger partial charge on any atom is -0.300 e. The molecule has 0 saturated heterocycles. The zero-order chi connectivity index (χ0) is 16.4. The van der Waals surface area contributed by atoms with Crippen LogP contribution in [0.15, 0.2) is 67.0 Å². The predicted molar refractivity (Wildman–Crippen MR) is 92.0 cm³/mol. The molecular weight excluding hydrogens is 322 g/mol. The molecule has 0 atom stereocenters. The van der Waals surface area contributed by atoms with E-state index in [1.165, 1.54) is 17.7 Å². The molecule has 2 heterocycles. The molecule has 0 unspecified atom stereocenters. The molecule has 7 heteroatoms. The van der Waals surface area contributed by atoms with Crippen molar-refractivity contribution in [2.24, 2.45) is 0 Å². The fourth-order valence-corrected chi connectivity index (χ4v) is 3.30. The molecule has 4 aromatic rings. The lowest BCUT2D eigenvalue weighted by Gasteiger charge is -2.16. The maximum atomic E-state index is 12.9. The number of benzene rings is 2. The van der Waals surface area contributed by atoms with E-state index in [0.717, 1.165) is 11.1 Å². The lowest BCUT2D eigenvalue weighted by Crippen LogP contribution is -2.22. The van der Waals surface area contributed by atoms with Crippen LogP contribution >= 0.6 is 11.3 Å². The molecule has 0 aliphatic heterocycles. The average Bonchev–Trinajstić information content (AvgIpc) is 3.18. The van der Waals surface area contributed by atoms with Crippen LogP contribution in [0.2, 0.25) is 0 Å². The molecule has 0 fully saturated rings. The topological polar surface area (TPSA) is 72.2 Å². The van der Waals surface area contributed by atoms with Crippen molar-refractivity contribution in [1.82, 2.24) is 19.8 Å². The van der Waals surface area contributed by atoms with E-state index in [4.69, 9.17) is 0 Å². The Bertz CT molecular complexity index is 896. The third-order valence-corrected chi connectivity index (χ3v) is 4.47. The van der Waals surface area contributed by atoms with Crippen molar-refractivity contribution in [2.75, 3.05) is 5.32 Å². The van der Waals surface area contributed by atoms with E-state index in [-0.39, 0.29) is 5.91 Å². The summed E-state index contributed by atoms with van der Waals surface area (Å²) in [6.07, 6.45) is 1.51. The Hall–Kier alpha value is -3.06. The van der Waals surface area contributed by atoms with E-state index < -0.39 is 5.92 Å². The van der Waals surface area contributed by atoms with Gasteiger partial charge in [-0.3, -0.25) is 10.1 Å². The van der Waals surface area contributed by atoms with Gasteiger partial charge in [-0.2, -0.15) is 4.52 Å². The van der Waals surface area contributed by atoms with Crippen LogP contribution in [0.1, 0.15) is 17.0 Å². The molecule has 0 saturated carbocycles. The van der Waals surface area contributed by atoms with E-state index in [1.54, 1.807) is 4.52 Å². The molecule has 1 amide bonds. The summed E-state index contributed by atoms with van der Waals surface area (Å²) >= 11 is 1.29. The number of carbonyl (C=O) groups excluding carboxylic acids is 1. The average molecular weight is 335 g/mol. The fourth-order valence-electron chi connectivity index (χ4n) is 2.57. The molecule has 0 radical (unpaired) electrons. The molecule has 0 spiro atoms. The molecule has 0 bridgehead atoms. The SMILES string of the molecule is O=C(Nc1nn2cnnc2s1)C(c1ccccc1)c1ccccc1. The number of hydrogen-bond acceptors (Lipinski definition) is 5. The smallest absolute Gasteiger partial charge is 0.238 e. The van der Waals surface area contributed by atoms with Gasteiger partial charge in [-0.15, -0.1) is 15.3 Å². The molecule has 0 aliphatic rings. The number of nitrogens with zero attached hydrogens (tertiary/aromatic N) is 4. The molecule has 24 heavy (non-hydrogen) atoms. The molecular formula is C17H13N5OS. The van der Waals surface area contributed by atoms with Gasteiger partial charge < -0.3 is 0 Å². The molecule has 2 aromatic carbocycles. The summed E-state index contributed by atoms with van der Waals surface area (Å²) in [5.41, 5.74) is 1.87. The maximum Gasteiger partial charge on any atom is 0.238 e. The van der Waals surface area contributed by atoms with Crippen LogP contribution in [-0.4, -0.2) is 25.7 Å². The number of nitrogens with one attached hydrogen (secondary N) is 1. The normalized spacial score (nSPS) is 11.0. The quantitative estimate of drug-likeness (QED) is 0.622. The number of rotatable bonds is 4. The van der Waals surface area contributed by atoms with Gasteiger partial charge >= 0.3 is 0 Å². The van der Waals surface area contributed by atoms with Crippen molar-refractivity contribution in [1.29, 1.82) is 0 Å². The van der Waals surface area contributed by atoms with Crippen molar-refractivity contribution in [3.63, 3.8) is 0 Å². The largest absolute Gasteiger partial charge is 0.300 e. The Morgan fingerprint density at radius 1 is 1.00 bits per heavy atom. The van der Waals surface area contributed by atoms with Gasteiger partial charge in [0, 0.05) is 0 Å². The second kappa shape index (κ2) is 6.21. The van der Waals surface area contributed by atoms with E-state index in [9.17, 15) is 4.79 Å². The summed E-state index contributed by atoms with van der Waals surface area (Å²) in [4.78, 5) is 13.6. The first-order chi connectivity index (χ1) is 11.8. The third kappa shape index (κ3) is 2.77. The lowest BCUT2D eigenvalue weighted by molar-refractivity contribution is -0.116. The van der Waals surface area contributed by atoms with Crippen LogP contribution < -0.4 is 5.32 Å². The Morgan fingerprint density at radius 3 is 2.21 bits per heavy atom. The Morgan fingerprint density at radius 2 is 1.62 bits per heavy atom. The van der Waals surface area contributed by atoms with Gasteiger partial charge in [-0.1, -0.05) is 72.0 Å². The van der Waals surface area contributed by atoms with Gasteiger partial charge in [0.25, 0.3) is 0 Å². The highest BCUT2D eigenvalue weighted by Crippen LogP contribution is 2.27. The van der Waals surface area contributed by atoms with Crippen molar-refractivity contribution in [3.8, 4) is 0 Å². The van der Waals surface area contributed by atoms with Crippen molar-refractivity contribution < 1.29 is 4.79 Å². The number of hydrogen-bond donors (Lipinski definition) is 1. The summed E-state index contributed by atoms with van der Waals surface area (Å²) in [7, 11) is 0. The maximum absolute atomic E-state index is 12.9. The molecule has 4 rings (SSSR count). The van der Waals surface area contributed by atoms with Gasteiger partial charge in [0.2, 0.25) is 16.0 Å². The highest BCUT2D eigenvalue weighted by Gasteiger charge is 2.23. The second-order valence-electron chi connectivity index (χ2n) is 5.21. The summed E-state index contributed by atoms with van der Waals surface area (Å²) < 4.78 is 1.54. The third-order valence-electron chi connectivity index (χ3n) is 3.64. The van der Waals surface area contributed by atoms with E-state index >= 15 is 0 Å². The highest BCUT2D eigenvalue weighted by molar-refractivity contribution is 7.20. The fraction of sp³-hybridized carbons (Fsp3) is 0.0588. The van der Waals surface area contributed by atoms with E-state index in [1.807, 2.05) is 60.7 Å². The van der Waals surface area contributed by atoms with Gasteiger partial charge in [-0.05, 0) is 11.1 Å². The highest BCUT2D eigenvalue weighted by atomic mass is 32.1. The summed E-state index contributed by atoms with van der Waals surface area (Å²) in [6, 6.07) is 19.4. The van der Waals surface area contributed by atoms with Gasteiger partial charge in [-0.25, -0.2) is 0 Å². The van der Waals surface area contributed by atoms with Crippen molar-refractivity contribution >= 4 is 27.3 Å². The van der Waals surface area contributed by atoms with Crippen molar-refractivity contribution in [3.05, 3.63) is 78.1 Å². The van der Waals surface area contributed by atoms with Crippen LogP contribution in [0.25, 0.3) is 4.96 Å². The van der Waals surface area contributed by atoms with E-state index in [0.29, 0.717) is 10.1 Å².